The molecule has 138 valence electrons. The van der Waals surface area contributed by atoms with Gasteiger partial charge in [-0.25, -0.2) is 8.42 Å². The lowest BCUT2D eigenvalue weighted by molar-refractivity contribution is -0.385. The second-order valence-corrected chi connectivity index (χ2v) is 8.54. The summed E-state index contributed by atoms with van der Waals surface area (Å²) in [5.74, 6) is -1.35. The van der Waals surface area contributed by atoms with Gasteiger partial charge in [-0.2, -0.15) is 4.31 Å². The highest BCUT2D eigenvalue weighted by molar-refractivity contribution is 14.1. The first-order chi connectivity index (χ1) is 12.1. The van der Waals surface area contributed by atoms with Crippen molar-refractivity contribution in [2.75, 3.05) is 0 Å². The van der Waals surface area contributed by atoms with Gasteiger partial charge in [0.1, 0.15) is 6.04 Å². The molecule has 1 N–H and O–H groups in total. The maximum absolute atomic E-state index is 13.0. The number of halogens is 1. The molecule has 26 heavy (non-hydrogen) atoms. The van der Waals surface area contributed by atoms with Crippen LogP contribution in [0.25, 0.3) is 0 Å². The normalized spacial score (nSPS) is 12.7. The molecule has 2 aromatic rings. The Morgan fingerprint density at radius 3 is 2.35 bits per heavy atom. The Kier molecular flexibility index (Phi) is 6.31. The number of nitro benzene ring substituents is 1. The Hall–Kier alpha value is -2.05. The van der Waals surface area contributed by atoms with Crippen LogP contribution in [0.15, 0.2) is 53.4 Å². The van der Waals surface area contributed by atoms with Gasteiger partial charge in [0.25, 0.3) is 5.69 Å². The number of hydrogen-bond acceptors (Lipinski definition) is 5. The molecular formula is C16H15IN2O6S. The number of hydrogen-bond donors (Lipinski definition) is 1. The molecule has 0 saturated carbocycles. The fourth-order valence-electron chi connectivity index (χ4n) is 2.29. The van der Waals surface area contributed by atoms with Crippen LogP contribution in [0.2, 0.25) is 0 Å². The van der Waals surface area contributed by atoms with E-state index in [9.17, 15) is 28.4 Å². The number of nitrogens with zero attached hydrogens (tertiary/aromatic N) is 2. The van der Waals surface area contributed by atoms with Gasteiger partial charge in [0.15, 0.2) is 0 Å². The molecule has 1 atom stereocenters. The van der Waals surface area contributed by atoms with Crippen molar-refractivity contribution in [1.29, 1.82) is 0 Å². The number of nitro groups is 1. The van der Waals surface area contributed by atoms with Crippen molar-refractivity contribution in [1.82, 2.24) is 4.31 Å². The average Bonchev–Trinajstić information content (AvgIpc) is 2.59. The molecule has 0 bridgehead atoms. The van der Waals surface area contributed by atoms with Gasteiger partial charge in [-0.3, -0.25) is 14.9 Å². The number of rotatable bonds is 7. The van der Waals surface area contributed by atoms with Crippen molar-refractivity contribution in [2.24, 2.45) is 0 Å². The number of carboxylic acids is 1. The predicted molar refractivity (Wildman–Crippen MR) is 102 cm³/mol. The van der Waals surface area contributed by atoms with Crippen LogP contribution in [0.3, 0.4) is 0 Å². The number of sulfonamides is 1. The molecule has 0 radical (unpaired) electrons. The molecule has 0 heterocycles. The highest BCUT2D eigenvalue weighted by Gasteiger charge is 2.34. The fourth-order valence-corrected chi connectivity index (χ4v) is 4.21. The molecule has 0 aromatic heterocycles. The van der Waals surface area contributed by atoms with Crippen molar-refractivity contribution in [2.45, 2.75) is 24.4 Å². The van der Waals surface area contributed by atoms with E-state index >= 15 is 0 Å². The Bertz CT molecular complexity index is 930. The Labute approximate surface area is 163 Å². The Morgan fingerprint density at radius 1 is 1.23 bits per heavy atom. The van der Waals surface area contributed by atoms with Gasteiger partial charge in [0.05, 0.1) is 9.82 Å². The third-order valence-electron chi connectivity index (χ3n) is 3.72. The van der Waals surface area contributed by atoms with Gasteiger partial charge in [-0.15, -0.1) is 0 Å². The van der Waals surface area contributed by atoms with Gasteiger partial charge in [-0.05, 0) is 53.8 Å². The molecule has 0 aliphatic rings. The molecule has 1 unspecified atom stereocenters. The lowest BCUT2D eigenvalue weighted by Gasteiger charge is -2.25. The summed E-state index contributed by atoms with van der Waals surface area (Å²) in [6.07, 6.45) is 0. The summed E-state index contributed by atoms with van der Waals surface area (Å²) in [6, 6.07) is 10.2. The van der Waals surface area contributed by atoms with E-state index in [2.05, 4.69) is 0 Å². The minimum atomic E-state index is -4.18. The number of aliphatic carboxylic acids is 1. The summed E-state index contributed by atoms with van der Waals surface area (Å²) in [6.45, 7) is 0.792. The van der Waals surface area contributed by atoms with Crippen molar-refractivity contribution in [3.8, 4) is 0 Å². The summed E-state index contributed by atoms with van der Waals surface area (Å²) in [7, 11) is -4.18. The molecule has 2 rings (SSSR count). The summed E-state index contributed by atoms with van der Waals surface area (Å²) >= 11 is 2.02. The average molecular weight is 490 g/mol. The molecule has 0 fully saturated rings. The van der Waals surface area contributed by atoms with E-state index in [0.717, 1.165) is 7.88 Å². The van der Waals surface area contributed by atoms with Crippen LogP contribution in [0.5, 0.6) is 0 Å². The van der Waals surface area contributed by atoms with Gasteiger partial charge in [0.2, 0.25) is 10.0 Å². The summed E-state index contributed by atoms with van der Waals surface area (Å²) < 4.78 is 27.5. The van der Waals surface area contributed by atoms with Gasteiger partial charge < -0.3 is 5.11 Å². The van der Waals surface area contributed by atoms with Crippen LogP contribution < -0.4 is 0 Å². The van der Waals surface area contributed by atoms with Crippen LogP contribution in [0.1, 0.15) is 12.5 Å². The standard InChI is InChI=1S/C16H15IN2O6S/c1-11(16(20)21)18(10-12-4-2-3-5-15(12)19(22)23)26(24,25)14-8-6-13(17)7-9-14/h2-9,11H,10H2,1H3,(H,20,21). The van der Waals surface area contributed by atoms with Crippen molar-refractivity contribution >= 4 is 44.3 Å². The number of carboxylic acid groups (broad SMARTS) is 1. The van der Waals surface area contributed by atoms with Crippen molar-refractivity contribution in [3.05, 3.63) is 67.8 Å². The van der Waals surface area contributed by atoms with Crippen molar-refractivity contribution in [3.63, 3.8) is 0 Å². The third-order valence-corrected chi connectivity index (χ3v) is 6.37. The quantitative estimate of drug-likeness (QED) is 0.363. The maximum Gasteiger partial charge on any atom is 0.321 e. The van der Waals surface area contributed by atoms with Crippen LogP contribution >= 0.6 is 22.6 Å². The second kappa shape index (κ2) is 8.10. The maximum atomic E-state index is 13.0. The number of carbonyl (C=O) groups is 1. The lowest BCUT2D eigenvalue weighted by atomic mass is 10.1. The van der Waals surface area contributed by atoms with Gasteiger partial charge in [-0.1, -0.05) is 18.2 Å². The molecule has 0 spiro atoms. The zero-order chi connectivity index (χ0) is 19.5. The van der Waals surface area contributed by atoms with E-state index in [1.54, 1.807) is 12.1 Å². The van der Waals surface area contributed by atoms with Crippen molar-refractivity contribution < 1.29 is 23.2 Å². The van der Waals surface area contributed by atoms with Gasteiger partial charge in [0, 0.05) is 21.7 Å². The zero-order valence-corrected chi connectivity index (χ0v) is 16.5. The monoisotopic (exact) mass is 490 g/mol. The predicted octanol–water partition coefficient (Wildman–Crippen LogP) is 2.86. The Morgan fingerprint density at radius 2 is 1.81 bits per heavy atom. The smallest absolute Gasteiger partial charge is 0.321 e. The highest BCUT2D eigenvalue weighted by atomic mass is 127. The minimum absolute atomic E-state index is 0.0791. The SMILES string of the molecule is CC(C(=O)O)N(Cc1ccccc1[N+](=O)[O-])S(=O)(=O)c1ccc(I)cc1. The minimum Gasteiger partial charge on any atom is -0.480 e. The van der Waals surface area contributed by atoms with E-state index in [-0.39, 0.29) is 16.1 Å². The molecule has 2 aromatic carbocycles. The van der Waals surface area contributed by atoms with E-state index in [1.807, 2.05) is 22.6 Å². The topological polar surface area (TPSA) is 118 Å². The molecule has 10 heteroatoms. The third kappa shape index (κ3) is 4.37. The van der Waals surface area contributed by atoms with Crippen LogP contribution in [-0.4, -0.2) is 34.8 Å². The number of para-hydroxylation sites is 1. The zero-order valence-electron chi connectivity index (χ0n) is 13.6. The van der Waals surface area contributed by atoms with E-state index in [0.29, 0.717) is 0 Å². The van der Waals surface area contributed by atoms with E-state index < -0.39 is 33.5 Å². The van der Waals surface area contributed by atoms with Crippen LogP contribution in [0.4, 0.5) is 5.69 Å². The van der Waals surface area contributed by atoms with Crippen LogP contribution in [-0.2, 0) is 21.4 Å². The number of benzene rings is 2. The summed E-state index contributed by atoms with van der Waals surface area (Å²) in [5.41, 5.74) is -0.160. The molecule has 0 amide bonds. The largest absolute Gasteiger partial charge is 0.480 e. The van der Waals surface area contributed by atoms with E-state index in [4.69, 9.17) is 0 Å². The second-order valence-electron chi connectivity index (χ2n) is 5.40. The first-order valence-electron chi connectivity index (χ1n) is 7.37. The van der Waals surface area contributed by atoms with E-state index in [1.165, 1.54) is 43.3 Å². The van der Waals surface area contributed by atoms with Gasteiger partial charge >= 0.3 is 5.97 Å². The van der Waals surface area contributed by atoms with Crippen LogP contribution in [0, 0.1) is 13.7 Å². The highest BCUT2D eigenvalue weighted by Crippen LogP contribution is 2.26. The summed E-state index contributed by atoms with van der Waals surface area (Å²) in [5, 5.41) is 20.5. The summed E-state index contributed by atoms with van der Waals surface area (Å²) in [4.78, 5) is 21.9. The first kappa shape index (κ1) is 20.3. The molecule has 8 nitrogen and oxygen atoms in total. The Balaban J connectivity index is 2.53. The first-order valence-corrected chi connectivity index (χ1v) is 9.89. The molecular weight excluding hydrogens is 475 g/mol. The molecule has 0 aliphatic carbocycles. The fraction of sp³-hybridized carbons (Fsp3) is 0.188. The molecule has 0 aliphatic heterocycles. The lowest BCUT2D eigenvalue weighted by Crippen LogP contribution is -2.42. The molecule has 0 saturated heterocycles.